The summed E-state index contributed by atoms with van der Waals surface area (Å²) in [5.74, 6) is 2.93. The Kier molecular flexibility index (Phi) is 7.34. The first-order valence-electron chi connectivity index (χ1n) is 14.3. The highest BCUT2D eigenvalue weighted by atomic mass is 16.5. The summed E-state index contributed by atoms with van der Waals surface area (Å²) in [5, 5.41) is 3.94. The molecule has 38 heavy (non-hydrogen) atoms. The number of ether oxygens (including phenoxy) is 2. The van der Waals surface area contributed by atoms with Crippen molar-refractivity contribution in [3.8, 4) is 17.0 Å². The van der Waals surface area contributed by atoms with Gasteiger partial charge in [-0.2, -0.15) is 0 Å². The summed E-state index contributed by atoms with van der Waals surface area (Å²) in [6.07, 6.45) is 5.27. The van der Waals surface area contributed by atoms with Crippen LogP contribution in [0.1, 0.15) is 72.8 Å². The smallest absolute Gasteiger partial charge is 0.411 e. The van der Waals surface area contributed by atoms with Crippen LogP contribution in [0, 0.1) is 23.2 Å². The maximum atomic E-state index is 12.5. The number of nitrogens with two attached hydrogens (primary N) is 1. The molecule has 0 bridgehead atoms. The number of carbonyl (C=O) groups excluding carboxylic acids is 1. The monoisotopic (exact) mass is 517 g/mol. The molecular weight excluding hydrogens is 474 g/mol. The third-order valence-corrected chi connectivity index (χ3v) is 9.22. The van der Waals surface area contributed by atoms with Gasteiger partial charge in [0.05, 0.1) is 30.1 Å². The molecule has 204 valence electrons. The molecule has 6 heteroatoms. The van der Waals surface area contributed by atoms with E-state index in [1.54, 1.807) is 0 Å². The Balaban J connectivity index is 1.26. The Morgan fingerprint density at radius 2 is 1.89 bits per heavy atom. The minimum Gasteiger partial charge on any atom is -0.494 e. The predicted octanol–water partition coefficient (Wildman–Crippen LogP) is 8.27. The highest BCUT2D eigenvalue weighted by Crippen LogP contribution is 2.55. The molecule has 3 aromatic rings. The van der Waals surface area contributed by atoms with E-state index in [0.29, 0.717) is 42.2 Å². The molecule has 0 saturated heterocycles. The minimum absolute atomic E-state index is 0.318. The number of anilines is 2. The molecule has 0 aliphatic heterocycles. The van der Waals surface area contributed by atoms with Gasteiger partial charge >= 0.3 is 6.09 Å². The second-order valence-electron chi connectivity index (χ2n) is 12.1. The maximum absolute atomic E-state index is 12.5. The van der Waals surface area contributed by atoms with E-state index in [4.69, 9.17) is 15.2 Å². The van der Waals surface area contributed by atoms with Crippen molar-refractivity contribution in [2.75, 3.05) is 24.3 Å². The third-order valence-electron chi connectivity index (χ3n) is 9.22. The zero-order valence-electron chi connectivity index (χ0n) is 23.5. The number of nitrogens with one attached hydrogen (secondary N) is 1. The molecule has 2 unspecified atom stereocenters. The van der Waals surface area contributed by atoms with Gasteiger partial charge in [-0.25, -0.2) is 4.79 Å². The number of fused-ring (bicyclic) bond motifs is 1. The quantitative estimate of drug-likeness (QED) is 0.299. The van der Waals surface area contributed by atoms with Crippen molar-refractivity contribution in [2.45, 2.75) is 72.8 Å². The fourth-order valence-corrected chi connectivity index (χ4v) is 6.73. The van der Waals surface area contributed by atoms with E-state index in [-0.39, 0.29) is 0 Å². The van der Waals surface area contributed by atoms with Gasteiger partial charge in [-0.05, 0) is 86.5 Å². The Hall–Kier alpha value is -3.15. The summed E-state index contributed by atoms with van der Waals surface area (Å²) in [4.78, 5) is 12.5. The molecule has 2 aliphatic rings. The Morgan fingerprint density at radius 3 is 2.50 bits per heavy atom. The van der Waals surface area contributed by atoms with Crippen molar-refractivity contribution in [2.24, 2.45) is 23.2 Å². The normalized spacial score (nSPS) is 20.7. The van der Waals surface area contributed by atoms with Gasteiger partial charge < -0.3 is 19.8 Å². The van der Waals surface area contributed by atoms with Crippen molar-refractivity contribution in [1.29, 1.82) is 0 Å². The number of rotatable bonds is 9. The SMILES string of the molecule is CCOc1ccc2c(N)c(-c3ccc(NC(=O)OCCC4CC(C(C)C)C4(C)C)cc3)n(C3CCC3)c2c1. The molecule has 2 aliphatic carbocycles. The first-order chi connectivity index (χ1) is 18.2. The number of hydrogen-bond donors (Lipinski definition) is 2. The van der Waals surface area contributed by atoms with Gasteiger partial charge in [-0.3, -0.25) is 5.32 Å². The van der Waals surface area contributed by atoms with E-state index in [1.165, 1.54) is 12.8 Å². The van der Waals surface area contributed by atoms with Crippen LogP contribution in [-0.4, -0.2) is 23.9 Å². The van der Waals surface area contributed by atoms with Crippen molar-refractivity contribution >= 4 is 28.4 Å². The zero-order chi connectivity index (χ0) is 27.0. The van der Waals surface area contributed by atoms with Crippen LogP contribution in [0.15, 0.2) is 42.5 Å². The number of aromatic nitrogens is 1. The Morgan fingerprint density at radius 1 is 1.16 bits per heavy atom. The lowest BCUT2D eigenvalue weighted by molar-refractivity contribution is -0.0596. The first-order valence-corrected chi connectivity index (χ1v) is 14.3. The number of amides is 1. The molecule has 2 saturated carbocycles. The molecule has 1 aromatic heterocycles. The first kappa shape index (κ1) is 26.5. The molecule has 2 fully saturated rings. The summed E-state index contributed by atoms with van der Waals surface area (Å²) in [6.45, 7) is 12.4. The van der Waals surface area contributed by atoms with Gasteiger partial charge in [-0.1, -0.05) is 39.8 Å². The molecule has 1 heterocycles. The zero-order valence-corrected chi connectivity index (χ0v) is 23.5. The largest absolute Gasteiger partial charge is 0.494 e. The summed E-state index contributed by atoms with van der Waals surface area (Å²) in [7, 11) is 0. The molecular formula is C32H43N3O3. The Bertz CT molecular complexity index is 1290. The summed E-state index contributed by atoms with van der Waals surface area (Å²) >= 11 is 0. The molecule has 3 N–H and O–H groups in total. The lowest BCUT2D eigenvalue weighted by Gasteiger charge is -2.54. The number of nitrogen functional groups attached to an aromatic ring is 1. The van der Waals surface area contributed by atoms with Crippen LogP contribution >= 0.6 is 0 Å². The second kappa shape index (κ2) is 10.5. The highest BCUT2D eigenvalue weighted by Gasteiger charge is 2.48. The van der Waals surface area contributed by atoms with Crippen LogP contribution in [0.25, 0.3) is 22.2 Å². The molecule has 2 atom stereocenters. The number of hydrogen-bond acceptors (Lipinski definition) is 4. The van der Waals surface area contributed by atoms with Crippen molar-refractivity contribution in [1.82, 2.24) is 4.57 Å². The van der Waals surface area contributed by atoms with Crippen LogP contribution in [0.4, 0.5) is 16.2 Å². The minimum atomic E-state index is -0.401. The van der Waals surface area contributed by atoms with E-state index < -0.39 is 6.09 Å². The lowest BCUT2D eigenvalue weighted by atomic mass is 9.51. The molecule has 1 amide bonds. The van der Waals surface area contributed by atoms with Crippen molar-refractivity contribution in [3.63, 3.8) is 0 Å². The van der Waals surface area contributed by atoms with E-state index in [9.17, 15) is 4.79 Å². The van der Waals surface area contributed by atoms with Crippen LogP contribution in [0.5, 0.6) is 5.75 Å². The maximum Gasteiger partial charge on any atom is 0.411 e. The van der Waals surface area contributed by atoms with Crippen LogP contribution < -0.4 is 15.8 Å². The van der Waals surface area contributed by atoms with E-state index in [2.05, 4.69) is 49.7 Å². The molecule has 0 spiro atoms. The average Bonchev–Trinajstić information content (AvgIpc) is 3.11. The summed E-state index contributed by atoms with van der Waals surface area (Å²) in [6, 6.07) is 14.5. The molecule has 5 rings (SSSR count). The van der Waals surface area contributed by atoms with Gasteiger partial charge in [0.15, 0.2) is 0 Å². The van der Waals surface area contributed by atoms with Crippen LogP contribution in [0.3, 0.4) is 0 Å². The topological polar surface area (TPSA) is 78.5 Å². The number of benzene rings is 2. The van der Waals surface area contributed by atoms with Gasteiger partial charge in [-0.15, -0.1) is 0 Å². The fourth-order valence-electron chi connectivity index (χ4n) is 6.73. The van der Waals surface area contributed by atoms with Gasteiger partial charge in [0, 0.05) is 28.7 Å². The number of carbonyl (C=O) groups is 1. The Labute approximate surface area is 226 Å². The van der Waals surface area contributed by atoms with Crippen LogP contribution in [0.2, 0.25) is 0 Å². The summed E-state index contributed by atoms with van der Waals surface area (Å²) in [5.41, 5.74) is 11.7. The number of nitrogens with zero attached hydrogens (tertiary/aromatic N) is 1. The highest BCUT2D eigenvalue weighted by molar-refractivity contribution is 6.01. The molecule has 0 radical (unpaired) electrons. The van der Waals surface area contributed by atoms with Crippen molar-refractivity contribution in [3.05, 3.63) is 42.5 Å². The second-order valence-corrected chi connectivity index (χ2v) is 12.1. The standard InChI is InChI=1S/C32H43N3O3/c1-6-37-25-14-15-26-28(19-25)35(24-8-7-9-24)30(29(26)33)21-10-12-23(13-11-21)34-31(36)38-17-16-22-18-27(20(2)3)32(22,4)5/h10-15,19-20,22,24,27H,6-9,16-18,33H2,1-5H3,(H,34,36). The third kappa shape index (κ3) is 4.85. The summed E-state index contributed by atoms with van der Waals surface area (Å²) < 4.78 is 13.7. The van der Waals surface area contributed by atoms with E-state index >= 15 is 0 Å². The van der Waals surface area contributed by atoms with Gasteiger partial charge in [0.2, 0.25) is 0 Å². The lowest BCUT2D eigenvalue weighted by Crippen LogP contribution is -2.47. The van der Waals surface area contributed by atoms with Crippen LogP contribution in [-0.2, 0) is 4.74 Å². The average molecular weight is 518 g/mol. The van der Waals surface area contributed by atoms with E-state index in [0.717, 1.165) is 58.8 Å². The predicted molar refractivity (Wildman–Crippen MR) is 156 cm³/mol. The van der Waals surface area contributed by atoms with Crippen molar-refractivity contribution < 1.29 is 14.3 Å². The molecule has 2 aromatic carbocycles. The van der Waals surface area contributed by atoms with Gasteiger partial charge in [0.25, 0.3) is 0 Å². The molecule has 6 nitrogen and oxygen atoms in total. The van der Waals surface area contributed by atoms with Gasteiger partial charge in [0.1, 0.15) is 5.75 Å². The fraction of sp³-hybridized carbons (Fsp3) is 0.531. The van der Waals surface area contributed by atoms with E-state index in [1.807, 2.05) is 37.3 Å².